The van der Waals surface area contributed by atoms with Gasteiger partial charge in [0, 0.05) is 24.2 Å². The fourth-order valence-electron chi connectivity index (χ4n) is 3.77. The summed E-state index contributed by atoms with van der Waals surface area (Å²) in [6.07, 6.45) is 4.39. The number of nitrogens with one attached hydrogen (secondary N) is 1. The van der Waals surface area contributed by atoms with Gasteiger partial charge in [-0.3, -0.25) is 4.79 Å². The number of thiazole rings is 1. The SMILES string of the molecule is CCCc1cnc(Nc2cccc(C3(C(=O)OC)CCN(C(=O)OC(C)(C)C)CC3)n2)s1. The van der Waals surface area contributed by atoms with Crippen LogP contribution in [0.3, 0.4) is 0 Å². The number of nitrogens with zero attached hydrogens (tertiary/aromatic N) is 3. The van der Waals surface area contributed by atoms with Crippen molar-refractivity contribution in [1.29, 1.82) is 0 Å². The van der Waals surface area contributed by atoms with Crippen molar-refractivity contribution >= 4 is 34.3 Å². The molecule has 2 aromatic heterocycles. The molecule has 174 valence electrons. The summed E-state index contributed by atoms with van der Waals surface area (Å²) < 4.78 is 10.6. The van der Waals surface area contributed by atoms with Gasteiger partial charge in [0.2, 0.25) is 0 Å². The Morgan fingerprint density at radius 1 is 1.25 bits per heavy atom. The molecule has 0 aliphatic carbocycles. The predicted molar refractivity (Wildman–Crippen MR) is 124 cm³/mol. The van der Waals surface area contributed by atoms with Crippen LogP contribution in [0, 0.1) is 0 Å². The van der Waals surface area contributed by atoms with E-state index in [2.05, 4.69) is 17.2 Å². The second kappa shape index (κ2) is 9.85. The van der Waals surface area contributed by atoms with Crippen LogP contribution in [-0.2, 0) is 26.1 Å². The first kappa shape index (κ1) is 24.0. The number of carbonyl (C=O) groups excluding carboxylic acids is 2. The number of likely N-dealkylation sites (tertiary alicyclic amines) is 1. The van der Waals surface area contributed by atoms with Crippen molar-refractivity contribution in [3.63, 3.8) is 0 Å². The van der Waals surface area contributed by atoms with E-state index >= 15 is 0 Å². The van der Waals surface area contributed by atoms with Crippen LogP contribution in [0.4, 0.5) is 15.7 Å². The van der Waals surface area contributed by atoms with E-state index in [1.807, 2.05) is 45.2 Å². The first-order valence-electron chi connectivity index (χ1n) is 10.9. The number of aryl methyl sites for hydroxylation is 1. The maximum atomic E-state index is 12.9. The van der Waals surface area contributed by atoms with E-state index in [0.717, 1.165) is 18.0 Å². The van der Waals surface area contributed by atoms with Gasteiger partial charge in [0.25, 0.3) is 0 Å². The molecule has 0 bridgehead atoms. The molecular weight excluding hydrogens is 428 g/mol. The van der Waals surface area contributed by atoms with Crippen LogP contribution in [0.5, 0.6) is 0 Å². The number of amides is 1. The molecule has 0 spiro atoms. The lowest BCUT2D eigenvalue weighted by molar-refractivity contribution is -0.150. The zero-order valence-corrected chi connectivity index (χ0v) is 20.3. The molecule has 1 saturated heterocycles. The van der Waals surface area contributed by atoms with Gasteiger partial charge in [0.15, 0.2) is 5.13 Å². The van der Waals surface area contributed by atoms with Gasteiger partial charge >= 0.3 is 12.1 Å². The minimum Gasteiger partial charge on any atom is -0.468 e. The Kier molecular flexibility index (Phi) is 7.38. The molecule has 8 nitrogen and oxygen atoms in total. The van der Waals surface area contributed by atoms with Crippen molar-refractivity contribution < 1.29 is 19.1 Å². The average Bonchev–Trinajstić information content (AvgIpc) is 3.19. The third kappa shape index (κ3) is 5.56. The molecule has 32 heavy (non-hydrogen) atoms. The number of ether oxygens (including phenoxy) is 2. The number of pyridine rings is 1. The monoisotopic (exact) mass is 460 g/mol. The summed E-state index contributed by atoms with van der Waals surface area (Å²) in [5, 5.41) is 4.02. The van der Waals surface area contributed by atoms with Gasteiger partial charge in [0.05, 0.1) is 12.8 Å². The smallest absolute Gasteiger partial charge is 0.410 e. The van der Waals surface area contributed by atoms with Gasteiger partial charge in [0.1, 0.15) is 16.8 Å². The minimum atomic E-state index is -0.915. The minimum absolute atomic E-state index is 0.342. The molecule has 3 rings (SSSR count). The molecule has 1 fully saturated rings. The van der Waals surface area contributed by atoms with Gasteiger partial charge in [-0.05, 0) is 52.2 Å². The number of aromatic nitrogens is 2. The molecule has 9 heteroatoms. The van der Waals surface area contributed by atoms with Crippen molar-refractivity contribution in [1.82, 2.24) is 14.9 Å². The molecule has 1 N–H and O–H groups in total. The second-order valence-corrected chi connectivity index (χ2v) is 10.1. The first-order valence-corrected chi connectivity index (χ1v) is 11.7. The van der Waals surface area contributed by atoms with Crippen LogP contribution in [0.15, 0.2) is 24.4 Å². The van der Waals surface area contributed by atoms with Crippen LogP contribution >= 0.6 is 11.3 Å². The lowest BCUT2D eigenvalue weighted by Gasteiger charge is -2.39. The number of methoxy groups -OCH3 is 1. The number of carbonyl (C=O) groups is 2. The zero-order chi connectivity index (χ0) is 23.4. The molecule has 1 amide bonds. The Hall–Kier alpha value is -2.68. The lowest BCUT2D eigenvalue weighted by atomic mass is 9.75. The normalized spacial score (nSPS) is 15.8. The molecule has 3 heterocycles. The van der Waals surface area contributed by atoms with Crippen molar-refractivity contribution in [2.24, 2.45) is 0 Å². The Morgan fingerprint density at radius 3 is 2.59 bits per heavy atom. The van der Waals surface area contributed by atoms with E-state index in [1.54, 1.807) is 16.2 Å². The Labute approximate surface area is 193 Å². The van der Waals surface area contributed by atoms with Crippen LogP contribution in [0.2, 0.25) is 0 Å². The third-order valence-electron chi connectivity index (χ3n) is 5.37. The molecular formula is C23H32N4O4S. The third-order valence-corrected chi connectivity index (χ3v) is 6.34. The average molecular weight is 461 g/mol. The largest absolute Gasteiger partial charge is 0.468 e. The molecule has 0 saturated carbocycles. The van der Waals surface area contributed by atoms with E-state index in [-0.39, 0.29) is 12.1 Å². The zero-order valence-electron chi connectivity index (χ0n) is 19.4. The van der Waals surface area contributed by atoms with Gasteiger partial charge in [-0.2, -0.15) is 0 Å². The number of anilines is 2. The fraction of sp³-hybridized carbons (Fsp3) is 0.565. The Balaban J connectivity index is 1.79. The molecule has 1 aliphatic heterocycles. The molecule has 1 aliphatic rings. The Morgan fingerprint density at radius 2 is 1.97 bits per heavy atom. The summed E-state index contributed by atoms with van der Waals surface area (Å²) in [5.41, 5.74) is -0.854. The molecule has 0 aromatic carbocycles. The summed E-state index contributed by atoms with van der Waals surface area (Å²) in [6.45, 7) is 8.42. The number of hydrogen-bond donors (Lipinski definition) is 1. The summed E-state index contributed by atoms with van der Waals surface area (Å²) in [7, 11) is 1.39. The highest BCUT2D eigenvalue weighted by Gasteiger charge is 2.46. The van der Waals surface area contributed by atoms with Crippen molar-refractivity contribution in [3.05, 3.63) is 35.0 Å². The number of esters is 1. The van der Waals surface area contributed by atoms with E-state index in [9.17, 15) is 9.59 Å². The maximum absolute atomic E-state index is 12.9. The van der Waals surface area contributed by atoms with Crippen LogP contribution < -0.4 is 5.32 Å². The summed E-state index contributed by atoms with van der Waals surface area (Å²) in [4.78, 5) is 37.4. The quantitative estimate of drug-likeness (QED) is 0.626. The van der Waals surface area contributed by atoms with Crippen molar-refractivity contribution in [2.75, 3.05) is 25.5 Å². The fourth-order valence-corrected chi connectivity index (χ4v) is 4.69. The van der Waals surface area contributed by atoms with E-state index in [1.165, 1.54) is 12.0 Å². The highest BCUT2D eigenvalue weighted by Crippen LogP contribution is 2.37. The number of rotatable bonds is 6. The van der Waals surface area contributed by atoms with Gasteiger partial charge in [-0.1, -0.05) is 19.4 Å². The highest BCUT2D eigenvalue weighted by molar-refractivity contribution is 7.15. The maximum Gasteiger partial charge on any atom is 0.410 e. The van der Waals surface area contributed by atoms with E-state index in [0.29, 0.717) is 37.4 Å². The summed E-state index contributed by atoms with van der Waals surface area (Å²) in [5.74, 6) is 0.281. The van der Waals surface area contributed by atoms with Gasteiger partial charge in [-0.15, -0.1) is 11.3 Å². The summed E-state index contributed by atoms with van der Waals surface area (Å²) in [6, 6.07) is 5.57. The van der Waals surface area contributed by atoms with Crippen LogP contribution in [-0.4, -0.2) is 52.7 Å². The molecule has 2 aromatic rings. The van der Waals surface area contributed by atoms with Crippen LogP contribution in [0.25, 0.3) is 0 Å². The number of piperidine rings is 1. The Bertz CT molecular complexity index is 945. The molecule has 0 atom stereocenters. The topological polar surface area (TPSA) is 93.7 Å². The lowest BCUT2D eigenvalue weighted by Crippen LogP contribution is -2.50. The second-order valence-electron chi connectivity index (χ2n) is 8.96. The first-order chi connectivity index (χ1) is 15.2. The van der Waals surface area contributed by atoms with Gasteiger partial charge in [-0.25, -0.2) is 14.8 Å². The van der Waals surface area contributed by atoms with Gasteiger partial charge < -0.3 is 19.7 Å². The van der Waals surface area contributed by atoms with E-state index < -0.39 is 11.0 Å². The predicted octanol–water partition coefficient (Wildman–Crippen LogP) is 4.68. The molecule has 0 radical (unpaired) electrons. The van der Waals surface area contributed by atoms with E-state index in [4.69, 9.17) is 14.5 Å². The van der Waals surface area contributed by atoms with Crippen LogP contribution in [0.1, 0.15) is 57.5 Å². The standard InChI is InChI=1S/C23H32N4O4S/c1-6-8-16-15-24-20(32-16)26-18-10-7-9-17(25-18)23(19(28)30-5)11-13-27(14-12-23)21(29)31-22(2,3)4/h7,9-10,15H,6,8,11-14H2,1-5H3,(H,24,25,26). The van der Waals surface area contributed by atoms with Crippen molar-refractivity contribution in [2.45, 2.75) is 64.4 Å². The number of hydrogen-bond acceptors (Lipinski definition) is 8. The summed E-state index contributed by atoms with van der Waals surface area (Å²) >= 11 is 1.60. The van der Waals surface area contributed by atoms with Crippen molar-refractivity contribution in [3.8, 4) is 0 Å². The highest BCUT2D eigenvalue weighted by atomic mass is 32.1. The molecule has 0 unspecified atom stereocenters.